The second kappa shape index (κ2) is 6.67. The van der Waals surface area contributed by atoms with Gasteiger partial charge >= 0.3 is 0 Å². The summed E-state index contributed by atoms with van der Waals surface area (Å²) in [4.78, 5) is 13.9. The first-order chi connectivity index (χ1) is 11.5. The molecule has 1 saturated heterocycles. The predicted octanol–water partition coefficient (Wildman–Crippen LogP) is 4.12. The maximum absolute atomic E-state index is 13.8. The molecule has 0 spiro atoms. The zero-order chi connectivity index (χ0) is 17.3. The molecule has 2 aromatic carbocycles. The first-order valence-electron chi connectivity index (χ1n) is 7.94. The van der Waals surface area contributed by atoms with Gasteiger partial charge < -0.3 is 4.90 Å². The lowest BCUT2D eigenvalue weighted by Crippen LogP contribution is -2.29. The fourth-order valence-corrected chi connectivity index (χ4v) is 3.12. The molecule has 1 atom stereocenters. The Bertz CT molecular complexity index is 775. The second-order valence-corrected chi connectivity index (χ2v) is 6.29. The average Bonchev–Trinajstić information content (AvgIpc) is 3.01. The van der Waals surface area contributed by atoms with Gasteiger partial charge in [-0.05, 0) is 55.0 Å². The number of benzene rings is 2. The molecule has 0 N–H and O–H groups in total. The number of carbonyl (C=O) groups excluding carboxylic acids is 1. The van der Waals surface area contributed by atoms with Crippen molar-refractivity contribution in [2.24, 2.45) is 5.92 Å². The summed E-state index contributed by atoms with van der Waals surface area (Å²) in [6, 6.07) is 8.76. The quantitative estimate of drug-likeness (QED) is 0.827. The van der Waals surface area contributed by atoms with Crippen LogP contribution in [0.15, 0.2) is 36.4 Å². The van der Waals surface area contributed by atoms with Crippen LogP contribution in [0, 0.1) is 30.3 Å². The van der Waals surface area contributed by atoms with Crippen molar-refractivity contribution >= 4 is 5.91 Å². The highest BCUT2D eigenvalue weighted by molar-refractivity contribution is 5.94. The number of nitrogens with zero attached hydrogens (tertiary/aromatic N) is 1. The number of carbonyl (C=O) groups is 1. The molecule has 0 aromatic heterocycles. The van der Waals surface area contributed by atoms with Crippen LogP contribution in [0.25, 0.3) is 0 Å². The molecule has 5 heteroatoms. The van der Waals surface area contributed by atoms with Gasteiger partial charge in [-0.1, -0.05) is 18.2 Å². The number of rotatable bonds is 3. The van der Waals surface area contributed by atoms with E-state index in [1.54, 1.807) is 13.0 Å². The summed E-state index contributed by atoms with van der Waals surface area (Å²) in [6.45, 7) is 2.67. The van der Waals surface area contributed by atoms with Gasteiger partial charge in [-0.25, -0.2) is 13.2 Å². The van der Waals surface area contributed by atoms with Crippen molar-refractivity contribution < 1.29 is 18.0 Å². The number of likely N-dealkylation sites (tertiary alicyclic amines) is 1. The first-order valence-corrected chi connectivity index (χ1v) is 7.94. The van der Waals surface area contributed by atoms with Crippen molar-refractivity contribution in [3.8, 4) is 0 Å². The topological polar surface area (TPSA) is 20.3 Å². The lowest BCUT2D eigenvalue weighted by atomic mass is 9.98. The van der Waals surface area contributed by atoms with Gasteiger partial charge in [0, 0.05) is 13.1 Å². The van der Waals surface area contributed by atoms with E-state index in [1.165, 1.54) is 23.1 Å². The molecule has 126 valence electrons. The summed E-state index contributed by atoms with van der Waals surface area (Å²) < 4.78 is 40.7. The highest BCUT2D eigenvalue weighted by Crippen LogP contribution is 2.24. The Labute approximate surface area is 138 Å². The molecule has 2 aromatic rings. The van der Waals surface area contributed by atoms with E-state index in [0.717, 1.165) is 18.1 Å². The van der Waals surface area contributed by atoms with Gasteiger partial charge in [-0.2, -0.15) is 0 Å². The van der Waals surface area contributed by atoms with Gasteiger partial charge in [0.15, 0.2) is 11.6 Å². The lowest BCUT2D eigenvalue weighted by Gasteiger charge is -2.17. The lowest BCUT2D eigenvalue weighted by molar-refractivity contribution is 0.0781. The molecule has 24 heavy (non-hydrogen) atoms. The van der Waals surface area contributed by atoms with E-state index < -0.39 is 17.5 Å². The van der Waals surface area contributed by atoms with Crippen LogP contribution in [0.5, 0.6) is 0 Å². The molecule has 0 aliphatic carbocycles. The Morgan fingerprint density at radius 2 is 1.96 bits per heavy atom. The van der Waals surface area contributed by atoms with Crippen molar-refractivity contribution in [1.82, 2.24) is 4.90 Å². The molecule has 0 saturated carbocycles. The highest BCUT2D eigenvalue weighted by Gasteiger charge is 2.29. The van der Waals surface area contributed by atoms with Crippen molar-refractivity contribution in [2.75, 3.05) is 13.1 Å². The Morgan fingerprint density at radius 1 is 1.17 bits per heavy atom. The summed E-state index contributed by atoms with van der Waals surface area (Å²) in [5.74, 6) is -2.67. The number of hydrogen-bond acceptors (Lipinski definition) is 1. The van der Waals surface area contributed by atoms with Gasteiger partial charge in [-0.15, -0.1) is 0 Å². The third kappa shape index (κ3) is 3.30. The third-order valence-corrected chi connectivity index (χ3v) is 4.52. The Balaban J connectivity index is 1.67. The van der Waals surface area contributed by atoms with E-state index in [2.05, 4.69) is 0 Å². The zero-order valence-corrected chi connectivity index (χ0v) is 13.4. The van der Waals surface area contributed by atoms with E-state index in [0.29, 0.717) is 25.1 Å². The van der Waals surface area contributed by atoms with Gasteiger partial charge in [0.1, 0.15) is 5.82 Å². The molecule has 2 nitrogen and oxygen atoms in total. The molecule has 0 bridgehead atoms. The van der Waals surface area contributed by atoms with E-state index in [-0.39, 0.29) is 17.3 Å². The van der Waals surface area contributed by atoms with Crippen molar-refractivity contribution in [3.63, 3.8) is 0 Å². The fraction of sp³-hybridized carbons (Fsp3) is 0.316. The number of amides is 1. The summed E-state index contributed by atoms with van der Waals surface area (Å²) >= 11 is 0. The summed E-state index contributed by atoms with van der Waals surface area (Å²) in [5, 5.41) is 0. The molecule has 1 amide bonds. The zero-order valence-electron chi connectivity index (χ0n) is 13.4. The maximum Gasteiger partial charge on any atom is 0.256 e. The van der Waals surface area contributed by atoms with Crippen LogP contribution in [-0.4, -0.2) is 23.9 Å². The van der Waals surface area contributed by atoms with Gasteiger partial charge in [0.2, 0.25) is 0 Å². The number of aryl methyl sites for hydroxylation is 1. The Morgan fingerprint density at radius 3 is 2.71 bits per heavy atom. The summed E-state index contributed by atoms with van der Waals surface area (Å²) in [5.41, 5.74) is 1.25. The van der Waals surface area contributed by atoms with E-state index in [1.807, 2.05) is 6.07 Å². The summed E-state index contributed by atoms with van der Waals surface area (Å²) in [6.07, 6.45) is 1.42. The Hall–Kier alpha value is -2.30. The monoisotopic (exact) mass is 333 g/mol. The molecule has 1 aliphatic rings. The highest BCUT2D eigenvalue weighted by atomic mass is 19.2. The number of halogens is 3. The maximum atomic E-state index is 13.8. The minimum absolute atomic E-state index is 0.188. The minimum atomic E-state index is -1.11. The average molecular weight is 333 g/mol. The molecule has 3 rings (SSSR count). The van der Waals surface area contributed by atoms with Gasteiger partial charge in [0.05, 0.1) is 5.56 Å². The van der Waals surface area contributed by atoms with E-state index in [4.69, 9.17) is 0 Å². The molecule has 0 radical (unpaired) electrons. The second-order valence-electron chi connectivity index (χ2n) is 6.29. The van der Waals surface area contributed by atoms with Crippen molar-refractivity contribution in [2.45, 2.75) is 19.8 Å². The van der Waals surface area contributed by atoms with Crippen molar-refractivity contribution in [3.05, 3.63) is 70.5 Å². The third-order valence-electron chi connectivity index (χ3n) is 4.52. The van der Waals surface area contributed by atoms with Crippen LogP contribution in [0.3, 0.4) is 0 Å². The predicted molar refractivity (Wildman–Crippen MR) is 85.2 cm³/mol. The number of hydrogen-bond donors (Lipinski definition) is 0. The minimum Gasteiger partial charge on any atom is -0.338 e. The summed E-state index contributed by atoms with van der Waals surface area (Å²) in [7, 11) is 0. The smallest absolute Gasteiger partial charge is 0.256 e. The van der Waals surface area contributed by atoms with Crippen LogP contribution in [0.4, 0.5) is 13.2 Å². The van der Waals surface area contributed by atoms with Crippen LogP contribution < -0.4 is 0 Å². The van der Waals surface area contributed by atoms with Crippen LogP contribution >= 0.6 is 0 Å². The van der Waals surface area contributed by atoms with Crippen LogP contribution in [0.1, 0.15) is 27.9 Å². The van der Waals surface area contributed by atoms with Crippen molar-refractivity contribution in [1.29, 1.82) is 0 Å². The molecular formula is C19H18F3NO. The standard InChI is InChI=1S/C19H18F3NO/c1-12-5-6-13(10-17(12)21)9-14-7-8-23(11-14)19(24)15-3-2-4-16(20)18(15)22/h2-6,10,14H,7-9,11H2,1H3. The molecular weight excluding hydrogens is 315 g/mol. The Kier molecular flexibility index (Phi) is 4.60. The van der Waals surface area contributed by atoms with E-state index >= 15 is 0 Å². The fourth-order valence-electron chi connectivity index (χ4n) is 3.12. The van der Waals surface area contributed by atoms with Crippen LogP contribution in [0.2, 0.25) is 0 Å². The molecule has 1 fully saturated rings. The van der Waals surface area contributed by atoms with Gasteiger partial charge in [0.25, 0.3) is 5.91 Å². The van der Waals surface area contributed by atoms with E-state index in [9.17, 15) is 18.0 Å². The first kappa shape index (κ1) is 16.6. The SMILES string of the molecule is Cc1ccc(CC2CCN(C(=O)c3cccc(F)c3F)C2)cc1F. The van der Waals surface area contributed by atoms with Gasteiger partial charge in [-0.3, -0.25) is 4.79 Å². The molecule has 1 unspecified atom stereocenters. The molecule has 1 heterocycles. The molecule has 1 aliphatic heterocycles. The normalized spacial score (nSPS) is 17.3. The van der Waals surface area contributed by atoms with Crippen LogP contribution in [-0.2, 0) is 6.42 Å². The largest absolute Gasteiger partial charge is 0.338 e.